The zero-order valence-corrected chi connectivity index (χ0v) is 9.03. The minimum atomic E-state index is 0.0517. The van der Waals surface area contributed by atoms with E-state index in [1.54, 1.807) is 0 Å². The van der Waals surface area contributed by atoms with Gasteiger partial charge in [0.05, 0.1) is 0 Å². The predicted molar refractivity (Wildman–Crippen MR) is 52.4 cm³/mol. The molecule has 0 heterocycles. The molecule has 0 spiro atoms. The summed E-state index contributed by atoms with van der Waals surface area (Å²) >= 11 is 5.55. The maximum Gasteiger partial charge on any atom is 0.220 e. The lowest BCUT2D eigenvalue weighted by Crippen LogP contribution is -2.35. The van der Waals surface area contributed by atoms with E-state index in [0.29, 0.717) is 12.3 Å². The summed E-state index contributed by atoms with van der Waals surface area (Å²) in [6, 6.07) is 0.0708. The Morgan fingerprint density at radius 2 is 2.00 bits per heavy atom. The lowest BCUT2D eigenvalue weighted by molar-refractivity contribution is -0.123. The van der Waals surface area contributed by atoms with Gasteiger partial charge in [-0.2, -0.15) is 0 Å². The molecule has 0 fully saturated rings. The molecule has 0 aromatic rings. The summed E-state index contributed by atoms with van der Waals surface area (Å²) in [6.45, 7) is 8.02. The van der Waals surface area contributed by atoms with Crippen LogP contribution >= 0.6 is 11.6 Å². The number of alkyl halides is 1. The quantitative estimate of drug-likeness (QED) is 0.681. The van der Waals surface area contributed by atoms with Crippen LogP contribution in [-0.2, 0) is 4.79 Å². The van der Waals surface area contributed by atoms with Crippen LogP contribution in [0.25, 0.3) is 0 Å². The van der Waals surface area contributed by atoms with E-state index in [0.717, 1.165) is 0 Å². The largest absolute Gasteiger partial charge is 0.352 e. The van der Waals surface area contributed by atoms with Crippen molar-refractivity contribution >= 4 is 17.5 Å². The maximum atomic E-state index is 11.3. The minimum Gasteiger partial charge on any atom is -0.352 e. The molecule has 0 aliphatic rings. The second kappa shape index (κ2) is 4.70. The standard InChI is InChI=1S/C9H18ClNO/c1-7(6-10)11-8(12)5-9(2,3)4/h7H,5-6H2,1-4H3,(H,11,12). The van der Waals surface area contributed by atoms with Gasteiger partial charge in [-0.3, -0.25) is 4.79 Å². The van der Waals surface area contributed by atoms with Crippen LogP contribution in [0.5, 0.6) is 0 Å². The molecule has 3 heteroatoms. The van der Waals surface area contributed by atoms with Crippen LogP contribution < -0.4 is 5.32 Å². The SMILES string of the molecule is CC(CCl)NC(=O)CC(C)(C)C. The number of carbonyl (C=O) groups is 1. The fourth-order valence-electron chi connectivity index (χ4n) is 0.846. The van der Waals surface area contributed by atoms with Crippen LogP contribution in [0.4, 0.5) is 0 Å². The normalized spacial score (nSPS) is 14.1. The molecule has 1 atom stereocenters. The summed E-state index contributed by atoms with van der Waals surface area (Å²) in [7, 11) is 0. The van der Waals surface area contributed by atoms with Gasteiger partial charge in [-0.15, -0.1) is 11.6 Å². The number of halogens is 1. The van der Waals surface area contributed by atoms with Gasteiger partial charge in [0.15, 0.2) is 0 Å². The second-order valence-electron chi connectivity index (χ2n) is 4.36. The van der Waals surface area contributed by atoms with Gasteiger partial charge in [0.1, 0.15) is 0 Å². The zero-order chi connectivity index (χ0) is 9.78. The van der Waals surface area contributed by atoms with E-state index in [1.807, 2.05) is 27.7 Å². The lowest BCUT2D eigenvalue weighted by atomic mass is 9.92. The Kier molecular flexibility index (Phi) is 4.61. The van der Waals surface area contributed by atoms with E-state index in [2.05, 4.69) is 5.32 Å². The van der Waals surface area contributed by atoms with Crippen molar-refractivity contribution in [3.05, 3.63) is 0 Å². The van der Waals surface area contributed by atoms with Crippen molar-refractivity contribution in [2.75, 3.05) is 5.88 Å². The van der Waals surface area contributed by atoms with Crippen molar-refractivity contribution in [2.24, 2.45) is 5.41 Å². The van der Waals surface area contributed by atoms with Crippen LogP contribution in [-0.4, -0.2) is 17.8 Å². The average molecular weight is 192 g/mol. The number of nitrogens with one attached hydrogen (secondary N) is 1. The van der Waals surface area contributed by atoms with E-state index >= 15 is 0 Å². The fraction of sp³-hybridized carbons (Fsp3) is 0.889. The highest BCUT2D eigenvalue weighted by atomic mass is 35.5. The van der Waals surface area contributed by atoms with Gasteiger partial charge in [-0.1, -0.05) is 20.8 Å². The Morgan fingerprint density at radius 1 is 1.50 bits per heavy atom. The number of rotatable bonds is 3. The van der Waals surface area contributed by atoms with Crippen molar-refractivity contribution in [3.8, 4) is 0 Å². The molecule has 0 aromatic heterocycles. The van der Waals surface area contributed by atoms with Crippen LogP contribution in [0.1, 0.15) is 34.1 Å². The monoisotopic (exact) mass is 191 g/mol. The topological polar surface area (TPSA) is 29.1 Å². The molecule has 1 N–H and O–H groups in total. The minimum absolute atomic E-state index is 0.0517. The molecule has 12 heavy (non-hydrogen) atoms. The molecular weight excluding hydrogens is 174 g/mol. The summed E-state index contributed by atoms with van der Waals surface area (Å²) in [5, 5.41) is 2.82. The Bertz CT molecular complexity index is 151. The third-order valence-electron chi connectivity index (χ3n) is 1.33. The fourth-order valence-corrected chi connectivity index (χ4v) is 0.923. The molecule has 72 valence electrons. The first-order chi connectivity index (χ1) is 5.35. The molecular formula is C9H18ClNO. The van der Waals surface area contributed by atoms with E-state index < -0.39 is 0 Å². The van der Waals surface area contributed by atoms with Crippen molar-refractivity contribution < 1.29 is 4.79 Å². The van der Waals surface area contributed by atoms with Crippen LogP contribution in [0, 0.1) is 5.41 Å². The van der Waals surface area contributed by atoms with E-state index in [1.165, 1.54) is 0 Å². The van der Waals surface area contributed by atoms with Gasteiger partial charge in [0.2, 0.25) is 5.91 Å². The van der Waals surface area contributed by atoms with Gasteiger partial charge in [-0.05, 0) is 12.3 Å². The van der Waals surface area contributed by atoms with Gasteiger partial charge >= 0.3 is 0 Å². The average Bonchev–Trinajstić information content (AvgIpc) is 1.82. The van der Waals surface area contributed by atoms with Crippen LogP contribution in [0.15, 0.2) is 0 Å². The second-order valence-corrected chi connectivity index (χ2v) is 4.67. The van der Waals surface area contributed by atoms with E-state index in [-0.39, 0.29) is 17.4 Å². The highest BCUT2D eigenvalue weighted by Gasteiger charge is 2.16. The first-order valence-corrected chi connectivity index (χ1v) is 4.74. The number of carbonyl (C=O) groups excluding carboxylic acids is 1. The summed E-state index contributed by atoms with van der Waals surface area (Å²) in [5.74, 6) is 0.547. The molecule has 0 aromatic carbocycles. The highest BCUT2D eigenvalue weighted by Crippen LogP contribution is 2.17. The first kappa shape index (κ1) is 11.8. The molecule has 0 saturated heterocycles. The molecule has 0 radical (unpaired) electrons. The van der Waals surface area contributed by atoms with Gasteiger partial charge in [0.25, 0.3) is 0 Å². The van der Waals surface area contributed by atoms with E-state index in [4.69, 9.17) is 11.6 Å². The smallest absolute Gasteiger partial charge is 0.220 e. The van der Waals surface area contributed by atoms with Crippen molar-refractivity contribution in [3.63, 3.8) is 0 Å². The molecule has 2 nitrogen and oxygen atoms in total. The van der Waals surface area contributed by atoms with Crippen molar-refractivity contribution in [2.45, 2.75) is 40.2 Å². The lowest BCUT2D eigenvalue weighted by Gasteiger charge is -2.19. The molecule has 1 unspecified atom stereocenters. The Balaban J connectivity index is 3.75. The van der Waals surface area contributed by atoms with Crippen LogP contribution in [0.2, 0.25) is 0 Å². The Labute approximate surface area is 79.7 Å². The molecule has 0 saturated carbocycles. The molecule has 0 aliphatic heterocycles. The number of hydrogen-bond donors (Lipinski definition) is 1. The molecule has 0 rings (SSSR count). The summed E-state index contributed by atoms with van der Waals surface area (Å²) in [4.78, 5) is 11.3. The summed E-state index contributed by atoms with van der Waals surface area (Å²) < 4.78 is 0. The molecule has 0 bridgehead atoms. The van der Waals surface area contributed by atoms with Gasteiger partial charge < -0.3 is 5.32 Å². The molecule has 1 amide bonds. The van der Waals surface area contributed by atoms with Gasteiger partial charge in [-0.25, -0.2) is 0 Å². The van der Waals surface area contributed by atoms with Crippen molar-refractivity contribution in [1.29, 1.82) is 0 Å². The summed E-state index contributed by atoms with van der Waals surface area (Å²) in [5.41, 5.74) is 0.0517. The zero-order valence-electron chi connectivity index (χ0n) is 8.28. The number of hydrogen-bond acceptors (Lipinski definition) is 1. The Hall–Kier alpha value is -0.240. The third-order valence-corrected chi connectivity index (χ3v) is 1.79. The van der Waals surface area contributed by atoms with E-state index in [9.17, 15) is 4.79 Å². The maximum absolute atomic E-state index is 11.3. The Morgan fingerprint density at radius 3 is 2.33 bits per heavy atom. The summed E-state index contributed by atoms with van der Waals surface area (Å²) in [6.07, 6.45) is 0.550. The third kappa shape index (κ3) is 6.47. The number of amides is 1. The van der Waals surface area contributed by atoms with Gasteiger partial charge in [0, 0.05) is 18.3 Å². The van der Waals surface area contributed by atoms with Crippen molar-refractivity contribution in [1.82, 2.24) is 5.32 Å². The van der Waals surface area contributed by atoms with Crippen LogP contribution in [0.3, 0.4) is 0 Å². The highest BCUT2D eigenvalue weighted by molar-refractivity contribution is 6.18. The first-order valence-electron chi connectivity index (χ1n) is 4.20. The molecule has 0 aliphatic carbocycles. The predicted octanol–water partition coefficient (Wildman–Crippen LogP) is 2.17.